The van der Waals surface area contributed by atoms with Crippen LogP contribution >= 0.6 is 0 Å². The molecule has 3 heteroatoms. The van der Waals surface area contributed by atoms with Gasteiger partial charge in [-0.1, -0.05) is 60.7 Å². The van der Waals surface area contributed by atoms with E-state index in [2.05, 4.69) is 52.8 Å². The molecule has 28 heavy (non-hydrogen) atoms. The number of benzene rings is 3. The van der Waals surface area contributed by atoms with Crippen molar-refractivity contribution in [3.63, 3.8) is 0 Å². The first kappa shape index (κ1) is 17.9. The van der Waals surface area contributed by atoms with Crippen molar-refractivity contribution in [1.82, 2.24) is 4.98 Å². The normalized spacial score (nSPS) is 11.8. The Morgan fingerprint density at radius 1 is 0.750 bits per heavy atom. The van der Waals surface area contributed by atoms with Gasteiger partial charge in [0.2, 0.25) is 0 Å². The summed E-state index contributed by atoms with van der Waals surface area (Å²) in [7, 11) is 0. The number of hydrogen-bond donors (Lipinski definition) is 1. The van der Waals surface area contributed by atoms with Gasteiger partial charge in [0, 0.05) is 29.9 Å². The summed E-state index contributed by atoms with van der Waals surface area (Å²) < 4.78 is 13.2. The van der Waals surface area contributed by atoms with Crippen LogP contribution < -0.4 is 5.32 Å². The summed E-state index contributed by atoms with van der Waals surface area (Å²) in [5.41, 5.74) is 5.42. The Balaban J connectivity index is 1.71. The summed E-state index contributed by atoms with van der Waals surface area (Å²) in [5, 5.41) is 3.46. The molecule has 0 fully saturated rings. The van der Waals surface area contributed by atoms with Gasteiger partial charge >= 0.3 is 0 Å². The van der Waals surface area contributed by atoms with Gasteiger partial charge in [0.15, 0.2) is 0 Å². The van der Waals surface area contributed by atoms with Crippen LogP contribution in [0, 0.1) is 5.82 Å². The van der Waals surface area contributed by atoms with Crippen LogP contribution in [0.2, 0.25) is 0 Å². The molecule has 4 aromatic rings. The molecule has 1 unspecified atom stereocenters. The highest BCUT2D eigenvalue weighted by Crippen LogP contribution is 2.32. The lowest BCUT2D eigenvalue weighted by Crippen LogP contribution is -2.15. The molecule has 3 aromatic carbocycles. The quantitative estimate of drug-likeness (QED) is 0.443. The molecule has 1 atom stereocenters. The highest BCUT2D eigenvalue weighted by atomic mass is 19.1. The third-order valence-corrected chi connectivity index (χ3v) is 4.83. The fraction of sp³-hybridized carbons (Fsp3) is 0.0800. The maximum absolute atomic E-state index is 13.2. The number of pyridine rings is 1. The molecular weight excluding hydrogens is 347 g/mol. The van der Waals surface area contributed by atoms with Gasteiger partial charge in [0.05, 0.1) is 5.69 Å². The van der Waals surface area contributed by atoms with E-state index in [1.165, 1.54) is 23.3 Å². The Labute approximate surface area is 164 Å². The maximum atomic E-state index is 13.2. The van der Waals surface area contributed by atoms with Gasteiger partial charge in [-0.25, -0.2) is 4.39 Å². The molecule has 2 nitrogen and oxygen atoms in total. The topological polar surface area (TPSA) is 24.9 Å². The summed E-state index contributed by atoms with van der Waals surface area (Å²) in [6.07, 6.45) is 1.82. The maximum Gasteiger partial charge on any atom is 0.123 e. The number of hydrogen-bond acceptors (Lipinski definition) is 2. The molecule has 0 aliphatic carbocycles. The van der Waals surface area contributed by atoms with Gasteiger partial charge < -0.3 is 5.32 Å². The summed E-state index contributed by atoms with van der Waals surface area (Å²) >= 11 is 0. The van der Waals surface area contributed by atoms with Crippen LogP contribution in [0.1, 0.15) is 17.0 Å². The van der Waals surface area contributed by atoms with Crippen molar-refractivity contribution in [3.8, 4) is 11.3 Å². The zero-order valence-corrected chi connectivity index (χ0v) is 15.4. The van der Waals surface area contributed by atoms with E-state index in [0.29, 0.717) is 6.54 Å². The minimum Gasteiger partial charge on any atom is -0.384 e. The van der Waals surface area contributed by atoms with E-state index in [4.69, 9.17) is 0 Å². The summed E-state index contributed by atoms with van der Waals surface area (Å²) in [6, 6.07) is 31.3. The molecule has 0 saturated carbocycles. The van der Waals surface area contributed by atoms with Crippen LogP contribution in [0.3, 0.4) is 0 Å². The van der Waals surface area contributed by atoms with Crippen molar-refractivity contribution < 1.29 is 4.39 Å². The van der Waals surface area contributed by atoms with Crippen molar-refractivity contribution in [2.24, 2.45) is 0 Å². The highest BCUT2D eigenvalue weighted by Gasteiger charge is 2.18. The monoisotopic (exact) mass is 368 g/mol. The third kappa shape index (κ3) is 4.09. The van der Waals surface area contributed by atoms with E-state index in [9.17, 15) is 4.39 Å². The second kappa shape index (κ2) is 8.49. The molecule has 0 spiro atoms. The second-order valence-electron chi connectivity index (χ2n) is 6.65. The first-order valence-corrected chi connectivity index (χ1v) is 9.36. The SMILES string of the molecule is Fc1ccc(NCC(c2ccccc2)c2ccccc2-c2ccccn2)cc1. The minimum atomic E-state index is -0.231. The molecule has 0 amide bonds. The van der Waals surface area contributed by atoms with Gasteiger partial charge in [-0.2, -0.15) is 0 Å². The van der Waals surface area contributed by atoms with Crippen molar-refractivity contribution in [2.75, 3.05) is 11.9 Å². The van der Waals surface area contributed by atoms with Crippen molar-refractivity contribution in [1.29, 1.82) is 0 Å². The molecule has 1 aromatic heterocycles. The average Bonchev–Trinajstić information content (AvgIpc) is 2.77. The zero-order chi connectivity index (χ0) is 19.2. The first-order chi connectivity index (χ1) is 13.8. The molecule has 4 rings (SSSR count). The Morgan fingerprint density at radius 2 is 1.46 bits per heavy atom. The Bertz CT molecular complexity index is 1020. The van der Waals surface area contributed by atoms with Crippen LogP contribution in [-0.2, 0) is 0 Å². The van der Waals surface area contributed by atoms with E-state index < -0.39 is 0 Å². The van der Waals surface area contributed by atoms with Crippen LogP contribution in [0.15, 0.2) is 103 Å². The Kier molecular flexibility index (Phi) is 5.43. The number of halogens is 1. The number of aromatic nitrogens is 1. The van der Waals surface area contributed by atoms with Gasteiger partial charge in [0.1, 0.15) is 5.82 Å². The van der Waals surface area contributed by atoms with Gasteiger partial charge in [0.25, 0.3) is 0 Å². The number of rotatable bonds is 6. The van der Waals surface area contributed by atoms with Gasteiger partial charge in [-0.15, -0.1) is 0 Å². The molecule has 1 N–H and O–H groups in total. The lowest BCUT2D eigenvalue weighted by Gasteiger charge is -2.22. The predicted molar refractivity (Wildman–Crippen MR) is 113 cm³/mol. The summed E-state index contributed by atoms with van der Waals surface area (Å²) in [6.45, 7) is 0.694. The fourth-order valence-corrected chi connectivity index (χ4v) is 3.44. The van der Waals surface area contributed by atoms with Gasteiger partial charge in [-0.3, -0.25) is 4.98 Å². The van der Waals surface area contributed by atoms with Crippen molar-refractivity contribution in [3.05, 3.63) is 120 Å². The Morgan fingerprint density at radius 3 is 2.21 bits per heavy atom. The lowest BCUT2D eigenvalue weighted by atomic mass is 9.87. The lowest BCUT2D eigenvalue weighted by molar-refractivity contribution is 0.628. The molecule has 0 radical (unpaired) electrons. The molecule has 0 aliphatic heterocycles. The van der Waals surface area contributed by atoms with E-state index in [-0.39, 0.29) is 11.7 Å². The van der Waals surface area contributed by atoms with E-state index in [1.54, 1.807) is 12.1 Å². The Hall–Kier alpha value is -3.46. The largest absolute Gasteiger partial charge is 0.384 e. The van der Waals surface area contributed by atoms with Gasteiger partial charge in [-0.05, 0) is 47.5 Å². The molecular formula is C25H21FN2. The molecule has 1 heterocycles. The smallest absolute Gasteiger partial charge is 0.123 e. The standard InChI is InChI=1S/C25H21FN2/c26-20-13-15-21(16-14-20)28-18-24(19-8-2-1-3-9-19)22-10-4-5-11-23(22)25-12-6-7-17-27-25/h1-17,24,28H,18H2. The molecule has 0 saturated heterocycles. The predicted octanol–water partition coefficient (Wildman–Crippen LogP) is 6.13. The van der Waals surface area contributed by atoms with Crippen LogP contribution in [0.5, 0.6) is 0 Å². The highest BCUT2D eigenvalue weighted by molar-refractivity contribution is 5.66. The zero-order valence-electron chi connectivity index (χ0n) is 15.4. The number of anilines is 1. The van der Waals surface area contributed by atoms with Crippen molar-refractivity contribution in [2.45, 2.75) is 5.92 Å². The average molecular weight is 368 g/mol. The molecule has 0 aliphatic rings. The van der Waals surface area contributed by atoms with Crippen LogP contribution in [0.4, 0.5) is 10.1 Å². The van der Waals surface area contributed by atoms with Crippen LogP contribution in [-0.4, -0.2) is 11.5 Å². The molecule has 138 valence electrons. The first-order valence-electron chi connectivity index (χ1n) is 9.36. The van der Waals surface area contributed by atoms with E-state index >= 15 is 0 Å². The molecule has 0 bridgehead atoms. The van der Waals surface area contributed by atoms with Crippen molar-refractivity contribution >= 4 is 5.69 Å². The number of nitrogens with zero attached hydrogens (tertiary/aromatic N) is 1. The van der Waals surface area contributed by atoms with E-state index in [1.807, 2.05) is 36.5 Å². The summed E-state index contributed by atoms with van der Waals surface area (Å²) in [5.74, 6) is -0.102. The fourth-order valence-electron chi connectivity index (χ4n) is 3.44. The van der Waals surface area contributed by atoms with E-state index in [0.717, 1.165) is 16.9 Å². The minimum absolute atomic E-state index is 0.129. The number of nitrogens with one attached hydrogen (secondary N) is 1. The summed E-state index contributed by atoms with van der Waals surface area (Å²) in [4.78, 5) is 4.55. The second-order valence-corrected chi connectivity index (χ2v) is 6.65. The van der Waals surface area contributed by atoms with Crippen LogP contribution in [0.25, 0.3) is 11.3 Å². The third-order valence-electron chi connectivity index (χ3n) is 4.83.